The molecule has 0 aromatic carbocycles. The van der Waals surface area contributed by atoms with Crippen molar-refractivity contribution in [2.75, 3.05) is 14.1 Å². The Bertz CT molecular complexity index is 440. The van der Waals surface area contributed by atoms with Crippen LogP contribution in [-0.4, -0.2) is 31.8 Å². The van der Waals surface area contributed by atoms with E-state index in [2.05, 4.69) is 9.71 Å². The van der Waals surface area contributed by atoms with E-state index in [9.17, 15) is 8.42 Å². The van der Waals surface area contributed by atoms with Crippen molar-refractivity contribution in [3.63, 3.8) is 0 Å². The first-order chi connectivity index (χ1) is 7.26. The van der Waals surface area contributed by atoms with Crippen LogP contribution in [0.25, 0.3) is 0 Å². The van der Waals surface area contributed by atoms with E-state index in [4.69, 9.17) is 0 Å². The summed E-state index contributed by atoms with van der Waals surface area (Å²) >= 11 is 0. The molecule has 0 saturated carbocycles. The number of nitrogens with zero attached hydrogens (tertiary/aromatic N) is 2. The van der Waals surface area contributed by atoms with Crippen LogP contribution in [0.2, 0.25) is 0 Å². The van der Waals surface area contributed by atoms with Crippen LogP contribution in [0.3, 0.4) is 0 Å². The smallest absolute Gasteiger partial charge is 0.265 e. The second-order valence-electron chi connectivity index (χ2n) is 4.25. The highest BCUT2D eigenvalue weighted by atomic mass is 32.2. The predicted molar refractivity (Wildman–Crippen MR) is 63.0 cm³/mol. The van der Waals surface area contributed by atoms with Gasteiger partial charge in [0.15, 0.2) is 0 Å². The average molecular weight is 243 g/mol. The van der Waals surface area contributed by atoms with Gasteiger partial charge in [-0.15, -0.1) is 0 Å². The molecule has 1 aromatic rings. The van der Waals surface area contributed by atoms with Crippen LogP contribution in [0.5, 0.6) is 0 Å². The molecular weight excluding hydrogens is 226 g/mol. The van der Waals surface area contributed by atoms with E-state index in [1.165, 1.54) is 14.1 Å². The molecule has 0 aliphatic rings. The summed E-state index contributed by atoms with van der Waals surface area (Å²) in [5.74, 6) is 0. The molecule has 90 valence electrons. The van der Waals surface area contributed by atoms with Gasteiger partial charge in [-0.05, 0) is 31.5 Å². The fourth-order valence-electron chi connectivity index (χ4n) is 1.24. The van der Waals surface area contributed by atoms with Crippen molar-refractivity contribution < 1.29 is 8.42 Å². The van der Waals surface area contributed by atoms with Gasteiger partial charge in [-0.1, -0.05) is 0 Å². The highest BCUT2D eigenvalue weighted by Gasteiger charge is 2.27. The summed E-state index contributed by atoms with van der Waals surface area (Å²) in [6.45, 7) is 3.62. The maximum atomic E-state index is 11.7. The van der Waals surface area contributed by atoms with Gasteiger partial charge in [-0.3, -0.25) is 4.98 Å². The fraction of sp³-hybridized carbons (Fsp3) is 0.500. The quantitative estimate of drug-likeness (QED) is 0.847. The van der Waals surface area contributed by atoms with Crippen molar-refractivity contribution in [2.45, 2.75) is 19.4 Å². The van der Waals surface area contributed by atoms with Crippen molar-refractivity contribution in [3.8, 4) is 0 Å². The number of rotatable bonds is 4. The minimum Gasteiger partial charge on any atom is -0.265 e. The number of hydrogen-bond donors (Lipinski definition) is 1. The standard InChI is InChI=1S/C10H17N3O2S/c1-10(2,9-5-7-11-8-6-9)12-16(14,15)13(3)4/h5-8,12H,1-4H3. The molecule has 0 spiro atoms. The summed E-state index contributed by atoms with van der Waals surface area (Å²) in [6.07, 6.45) is 3.28. The highest BCUT2D eigenvalue weighted by Crippen LogP contribution is 2.20. The van der Waals surface area contributed by atoms with Crippen molar-refractivity contribution in [3.05, 3.63) is 30.1 Å². The van der Waals surface area contributed by atoms with Crippen LogP contribution >= 0.6 is 0 Å². The minimum atomic E-state index is -3.44. The van der Waals surface area contributed by atoms with Gasteiger partial charge >= 0.3 is 0 Å². The second kappa shape index (κ2) is 4.48. The average Bonchev–Trinajstić information content (AvgIpc) is 2.17. The minimum absolute atomic E-state index is 0.661. The Hall–Kier alpha value is -0.980. The first kappa shape index (κ1) is 13.1. The molecule has 0 aliphatic heterocycles. The Labute approximate surface area is 96.7 Å². The normalized spacial score (nSPS) is 13.1. The summed E-state index contributed by atoms with van der Waals surface area (Å²) in [5.41, 5.74) is 0.208. The molecule has 0 aliphatic carbocycles. The Balaban J connectivity index is 2.97. The van der Waals surface area contributed by atoms with Gasteiger partial charge in [-0.2, -0.15) is 17.4 Å². The Morgan fingerprint density at radius 3 is 2.19 bits per heavy atom. The van der Waals surface area contributed by atoms with E-state index in [-0.39, 0.29) is 0 Å². The lowest BCUT2D eigenvalue weighted by molar-refractivity contribution is 0.437. The number of nitrogens with one attached hydrogen (secondary N) is 1. The van der Waals surface area contributed by atoms with Gasteiger partial charge in [0.2, 0.25) is 0 Å². The number of hydrogen-bond acceptors (Lipinski definition) is 3. The van der Waals surface area contributed by atoms with E-state index < -0.39 is 15.7 Å². The summed E-state index contributed by atoms with van der Waals surface area (Å²) in [7, 11) is -0.459. The van der Waals surface area contributed by atoms with Gasteiger partial charge in [0.05, 0.1) is 5.54 Å². The highest BCUT2D eigenvalue weighted by molar-refractivity contribution is 7.87. The maximum Gasteiger partial charge on any atom is 0.279 e. The third kappa shape index (κ3) is 3.01. The third-order valence-electron chi connectivity index (χ3n) is 2.27. The molecule has 16 heavy (non-hydrogen) atoms. The van der Waals surface area contributed by atoms with Gasteiger partial charge in [-0.25, -0.2) is 0 Å². The molecule has 0 atom stereocenters. The zero-order valence-electron chi connectivity index (χ0n) is 9.93. The van der Waals surface area contributed by atoms with Gasteiger partial charge in [0.1, 0.15) is 0 Å². The van der Waals surface area contributed by atoms with Crippen LogP contribution in [-0.2, 0) is 15.7 Å². The topological polar surface area (TPSA) is 62.3 Å². The van der Waals surface area contributed by atoms with E-state index >= 15 is 0 Å². The van der Waals surface area contributed by atoms with Crippen molar-refractivity contribution >= 4 is 10.2 Å². The maximum absolute atomic E-state index is 11.7. The molecule has 1 aromatic heterocycles. The molecule has 0 amide bonds. The molecule has 0 bridgehead atoms. The molecule has 1 rings (SSSR count). The Morgan fingerprint density at radius 1 is 1.25 bits per heavy atom. The van der Waals surface area contributed by atoms with Crippen LogP contribution in [0.1, 0.15) is 19.4 Å². The van der Waals surface area contributed by atoms with Crippen LogP contribution in [0, 0.1) is 0 Å². The number of pyridine rings is 1. The Morgan fingerprint density at radius 2 is 1.75 bits per heavy atom. The third-order valence-corrected chi connectivity index (χ3v) is 4.00. The van der Waals surface area contributed by atoms with Crippen molar-refractivity contribution in [1.29, 1.82) is 0 Å². The lowest BCUT2D eigenvalue weighted by atomic mass is 9.97. The Kier molecular flexibility index (Phi) is 3.67. The summed E-state index contributed by atoms with van der Waals surface area (Å²) in [6, 6.07) is 3.58. The lowest BCUT2D eigenvalue weighted by Gasteiger charge is -2.28. The molecule has 0 unspecified atom stereocenters. The molecule has 0 saturated heterocycles. The molecule has 0 radical (unpaired) electrons. The van der Waals surface area contributed by atoms with Crippen molar-refractivity contribution in [2.24, 2.45) is 0 Å². The molecular formula is C10H17N3O2S. The van der Waals surface area contributed by atoms with Crippen LogP contribution in [0.15, 0.2) is 24.5 Å². The van der Waals surface area contributed by atoms with Gasteiger partial charge < -0.3 is 0 Å². The molecule has 0 fully saturated rings. The fourth-order valence-corrected chi connectivity index (χ4v) is 2.19. The van der Waals surface area contributed by atoms with Gasteiger partial charge in [0, 0.05) is 26.5 Å². The van der Waals surface area contributed by atoms with E-state index in [0.29, 0.717) is 0 Å². The monoisotopic (exact) mass is 243 g/mol. The summed E-state index contributed by atoms with van der Waals surface area (Å²) in [5, 5.41) is 0. The predicted octanol–water partition coefficient (Wildman–Crippen LogP) is 0.713. The molecule has 6 heteroatoms. The first-order valence-corrected chi connectivity index (χ1v) is 6.31. The van der Waals surface area contributed by atoms with E-state index in [0.717, 1.165) is 9.87 Å². The molecule has 1 N–H and O–H groups in total. The number of aromatic nitrogens is 1. The molecule has 1 heterocycles. The van der Waals surface area contributed by atoms with Gasteiger partial charge in [0.25, 0.3) is 10.2 Å². The summed E-state index contributed by atoms with van der Waals surface area (Å²) in [4.78, 5) is 3.90. The van der Waals surface area contributed by atoms with Crippen LogP contribution in [0.4, 0.5) is 0 Å². The second-order valence-corrected chi connectivity index (χ2v) is 6.13. The molecule has 5 nitrogen and oxygen atoms in total. The zero-order valence-corrected chi connectivity index (χ0v) is 10.7. The van der Waals surface area contributed by atoms with E-state index in [1.54, 1.807) is 24.5 Å². The van der Waals surface area contributed by atoms with Crippen LogP contribution < -0.4 is 4.72 Å². The van der Waals surface area contributed by atoms with E-state index in [1.807, 2.05) is 13.8 Å². The SMILES string of the molecule is CN(C)S(=O)(=O)NC(C)(C)c1ccncc1. The first-order valence-electron chi connectivity index (χ1n) is 4.87. The zero-order chi connectivity index (χ0) is 12.4. The van der Waals surface area contributed by atoms with Crippen molar-refractivity contribution in [1.82, 2.24) is 14.0 Å². The largest absolute Gasteiger partial charge is 0.279 e. The summed E-state index contributed by atoms with van der Waals surface area (Å²) < 4.78 is 27.2. The lowest BCUT2D eigenvalue weighted by Crippen LogP contribution is -2.46.